The minimum atomic E-state index is 0.408. The predicted molar refractivity (Wildman–Crippen MR) is 82.3 cm³/mol. The van der Waals surface area contributed by atoms with E-state index in [-0.39, 0.29) is 0 Å². The maximum absolute atomic E-state index is 6.11. The maximum Gasteiger partial charge on any atom is 0.238 e. The van der Waals surface area contributed by atoms with Gasteiger partial charge in [-0.15, -0.1) is 0 Å². The predicted octanol–water partition coefficient (Wildman–Crippen LogP) is 4.33. The number of ether oxygens (including phenoxy) is 1. The molecule has 0 spiro atoms. The molecule has 0 aliphatic heterocycles. The summed E-state index contributed by atoms with van der Waals surface area (Å²) >= 11 is 6.11. The molecule has 0 unspecified atom stereocenters. The van der Waals surface area contributed by atoms with E-state index in [1.54, 1.807) is 12.3 Å². The summed E-state index contributed by atoms with van der Waals surface area (Å²) in [5.41, 5.74) is 7.74. The summed E-state index contributed by atoms with van der Waals surface area (Å²) in [6.07, 6.45) is 5.18. The highest BCUT2D eigenvalue weighted by Crippen LogP contribution is 2.27. The average molecular weight is 291 g/mol. The highest BCUT2D eigenvalue weighted by molar-refractivity contribution is 6.31. The third kappa shape index (κ3) is 3.95. The van der Waals surface area contributed by atoms with E-state index in [4.69, 9.17) is 22.1 Å². The number of hydrogen-bond acceptors (Lipinski definition) is 3. The Morgan fingerprint density at radius 1 is 1.20 bits per heavy atom. The second-order valence-electron chi connectivity index (χ2n) is 4.68. The smallest absolute Gasteiger partial charge is 0.238 e. The van der Waals surface area contributed by atoms with Gasteiger partial charge in [0.25, 0.3) is 0 Å². The lowest BCUT2D eigenvalue weighted by molar-refractivity contribution is 0.462. The molecule has 4 heteroatoms. The van der Waals surface area contributed by atoms with Crippen LogP contribution in [-0.2, 0) is 13.0 Å². The molecule has 1 aromatic heterocycles. The zero-order valence-corrected chi connectivity index (χ0v) is 12.4. The maximum atomic E-state index is 6.11. The van der Waals surface area contributed by atoms with Crippen molar-refractivity contribution in [2.45, 2.75) is 32.7 Å². The van der Waals surface area contributed by atoms with Gasteiger partial charge in [-0.2, -0.15) is 0 Å². The molecule has 0 saturated heterocycles. The first kappa shape index (κ1) is 14.8. The number of aromatic nitrogens is 1. The van der Waals surface area contributed by atoms with Gasteiger partial charge < -0.3 is 10.5 Å². The number of benzene rings is 1. The molecule has 0 saturated carbocycles. The number of rotatable bonds is 6. The molecule has 106 valence electrons. The lowest BCUT2D eigenvalue weighted by Gasteiger charge is -2.08. The Balaban J connectivity index is 2.06. The third-order valence-electron chi connectivity index (χ3n) is 3.06. The SMILES string of the molecule is CCCCc1ccc(Oc2ncc(CN)cc2Cl)cc1. The number of nitrogens with zero attached hydrogens (tertiary/aromatic N) is 1. The lowest BCUT2D eigenvalue weighted by atomic mass is 10.1. The molecule has 0 radical (unpaired) electrons. The molecule has 0 aliphatic rings. The second kappa shape index (κ2) is 7.27. The number of halogens is 1. The Hall–Kier alpha value is -1.58. The van der Waals surface area contributed by atoms with Crippen molar-refractivity contribution in [3.8, 4) is 11.6 Å². The van der Waals surface area contributed by atoms with Crippen LogP contribution in [0.1, 0.15) is 30.9 Å². The summed E-state index contributed by atoms with van der Waals surface area (Å²) in [5, 5.41) is 0.475. The average Bonchev–Trinajstić information content (AvgIpc) is 2.48. The molecule has 2 aromatic rings. The Morgan fingerprint density at radius 2 is 1.95 bits per heavy atom. The topological polar surface area (TPSA) is 48.1 Å². The van der Waals surface area contributed by atoms with Crippen molar-refractivity contribution in [3.63, 3.8) is 0 Å². The fraction of sp³-hybridized carbons (Fsp3) is 0.312. The van der Waals surface area contributed by atoms with Gasteiger partial charge in [0.2, 0.25) is 5.88 Å². The van der Waals surface area contributed by atoms with Crippen molar-refractivity contribution in [1.29, 1.82) is 0 Å². The summed E-state index contributed by atoms with van der Waals surface area (Å²) in [6.45, 7) is 2.61. The number of aryl methyl sites for hydroxylation is 1. The van der Waals surface area contributed by atoms with E-state index in [1.807, 2.05) is 12.1 Å². The molecule has 1 heterocycles. The van der Waals surface area contributed by atoms with Gasteiger partial charge in [0.15, 0.2) is 0 Å². The molecule has 0 amide bonds. The molecular weight excluding hydrogens is 272 g/mol. The van der Waals surface area contributed by atoms with Gasteiger partial charge >= 0.3 is 0 Å². The van der Waals surface area contributed by atoms with Crippen molar-refractivity contribution in [2.75, 3.05) is 0 Å². The van der Waals surface area contributed by atoms with Crippen LogP contribution in [0.2, 0.25) is 5.02 Å². The van der Waals surface area contributed by atoms with Crippen molar-refractivity contribution in [2.24, 2.45) is 5.73 Å². The molecule has 1 aromatic carbocycles. The number of hydrogen-bond donors (Lipinski definition) is 1. The number of nitrogens with two attached hydrogens (primary N) is 1. The first-order chi connectivity index (χ1) is 9.72. The normalized spacial score (nSPS) is 10.6. The Bertz CT molecular complexity index is 555. The molecule has 0 fully saturated rings. The highest BCUT2D eigenvalue weighted by atomic mass is 35.5. The van der Waals surface area contributed by atoms with Gasteiger partial charge in [-0.3, -0.25) is 0 Å². The molecule has 3 nitrogen and oxygen atoms in total. The molecule has 0 aliphatic carbocycles. The van der Waals surface area contributed by atoms with E-state index in [2.05, 4.69) is 24.0 Å². The van der Waals surface area contributed by atoms with E-state index >= 15 is 0 Å². The zero-order chi connectivity index (χ0) is 14.4. The van der Waals surface area contributed by atoms with E-state index in [0.717, 1.165) is 17.7 Å². The van der Waals surface area contributed by atoms with Crippen LogP contribution in [0.15, 0.2) is 36.5 Å². The summed E-state index contributed by atoms with van der Waals surface area (Å²) in [6, 6.07) is 9.82. The molecule has 2 rings (SSSR count). The fourth-order valence-corrected chi connectivity index (χ4v) is 2.10. The van der Waals surface area contributed by atoms with E-state index in [9.17, 15) is 0 Å². The summed E-state index contributed by atoms with van der Waals surface area (Å²) in [4.78, 5) is 4.18. The van der Waals surface area contributed by atoms with Crippen molar-refractivity contribution < 1.29 is 4.74 Å². The van der Waals surface area contributed by atoms with Gasteiger partial charge in [-0.25, -0.2) is 4.98 Å². The molecule has 0 bridgehead atoms. The monoisotopic (exact) mass is 290 g/mol. The lowest BCUT2D eigenvalue weighted by Crippen LogP contribution is -1.98. The summed E-state index contributed by atoms with van der Waals surface area (Å²) in [5.74, 6) is 1.14. The first-order valence-electron chi connectivity index (χ1n) is 6.84. The molecule has 0 atom stereocenters. The fourth-order valence-electron chi connectivity index (χ4n) is 1.87. The van der Waals surface area contributed by atoms with Crippen LogP contribution < -0.4 is 10.5 Å². The zero-order valence-electron chi connectivity index (χ0n) is 11.6. The largest absolute Gasteiger partial charge is 0.438 e. The van der Waals surface area contributed by atoms with Gasteiger partial charge in [-0.1, -0.05) is 37.1 Å². The number of unbranched alkanes of at least 4 members (excludes halogenated alkanes) is 1. The first-order valence-corrected chi connectivity index (χ1v) is 7.22. The van der Waals surface area contributed by atoms with Crippen LogP contribution in [0.3, 0.4) is 0 Å². The Morgan fingerprint density at radius 3 is 2.55 bits per heavy atom. The van der Waals surface area contributed by atoms with Crippen LogP contribution in [0.25, 0.3) is 0 Å². The van der Waals surface area contributed by atoms with Crippen LogP contribution in [-0.4, -0.2) is 4.98 Å². The van der Waals surface area contributed by atoms with E-state index < -0.39 is 0 Å². The van der Waals surface area contributed by atoms with Gasteiger partial charge in [0.1, 0.15) is 10.8 Å². The van der Waals surface area contributed by atoms with Crippen LogP contribution in [0.5, 0.6) is 11.6 Å². The quantitative estimate of drug-likeness (QED) is 0.861. The Labute approximate surface area is 124 Å². The van der Waals surface area contributed by atoms with E-state index in [0.29, 0.717) is 17.4 Å². The number of pyridine rings is 1. The molecule has 20 heavy (non-hydrogen) atoms. The minimum Gasteiger partial charge on any atom is -0.438 e. The van der Waals surface area contributed by atoms with Crippen LogP contribution in [0.4, 0.5) is 0 Å². The Kier molecular flexibility index (Phi) is 5.39. The second-order valence-corrected chi connectivity index (χ2v) is 5.09. The van der Waals surface area contributed by atoms with Crippen LogP contribution >= 0.6 is 11.6 Å². The highest BCUT2D eigenvalue weighted by Gasteiger charge is 2.06. The van der Waals surface area contributed by atoms with Gasteiger partial charge in [0, 0.05) is 12.7 Å². The molecular formula is C16H19ClN2O. The van der Waals surface area contributed by atoms with Crippen LogP contribution in [0, 0.1) is 0 Å². The van der Waals surface area contributed by atoms with Crippen molar-refractivity contribution >= 4 is 11.6 Å². The molecule has 2 N–H and O–H groups in total. The van der Waals surface area contributed by atoms with Crippen molar-refractivity contribution in [3.05, 3.63) is 52.7 Å². The van der Waals surface area contributed by atoms with Gasteiger partial charge in [0.05, 0.1) is 0 Å². The van der Waals surface area contributed by atoms with Crippen molar-refractivity contribution in [1.82, 2.24) is 4.98 Å². The minimum absolute atomic E-state index is 0.408. The van der Waals surface area contributed by atoms with Gasteiger partial charge in [-0.05, 0) is 42.2 Å². The third-order valence-corrected chi connectivity index (χ3v) is 3.33. The standard InChI is InChI=1S/C16H19ClN2O/c1-2-3-4-12-5-7-14(8-6-12)20-16-15(17)9-13(10-18)11-19-16/h5-9,11H,2-4,10,18H2,1H3. The summed E-state index contributed by atoms with van der Waals surface area (Å²) in [7, 11) is 0. The summed E-state index contributed by atoms with van der Waals surface area (Å²) < 4.78 is 5.68. The van der Waals surface area contributed by atoms with E-state index in [1.165, 1.54) is 18.4 Å².